The zero-order chi connectivity index (χ0) is 17.8. The first kappa shape index (κ1) is 16.8. The number of rotatable bonds is 7. The van der Waals surface area contributed by atoms with Gasteiger partial charge < -0.3 is 20.1 Å². The highest BCUT2D eigenvalue weighted by atomic mass is 16.4. The molecule has 8 heteroatoms. The first-order chi connectivity index (χ1) is 12.1. The van der Waals surface area contributed by atoms with Crippen LogP contribution < -0.4 is 5.32 Å². The molecule has 0 fully saturated rings. The summed E-state index contributed by atoms with van der Waals surface area (Å²) in [5, 5.41) is 21.4. The van der Waals surface area contributed by atoms with Crippen LogP contribution in [0.15, 0.2) is 36.9 Å². The monoisotopic (exact) mass is 341 g/mol. The van der Waals surface area contributed by atoms with E-state index >= 15 is 0 Å². The molecule has 0 amide bonds. The van der Waals surface area contributed by atoms with Crippen LogP contribution in [0.2, 0.25) is 0 Å². The van der Waals surface area contributed by atoms with E-state index in [2.05, 4.69) is 20.3 Å². The summed E-state index contributed by atoms with van der Waals surface area (Å²) in [6, 6.07) is 6.62. The molecule has 8 nitrogen and oxygen atoms in total. The van der Waals surface area contributed by atoms with Gasteiger partial charge in [-0.25, -0.2) is 19.7 Å². The number of para-hydroxylation sites is 1. The summed E-state index contributed by atoms with van der Waals surface area (Å²) in [6.45, 7) is 2.87. The molecule has 0 radical (unpaired) electrons. The van der Waals surface area contributed by atoms with Crippen LogP contribution in [-0.4, -0.2) is 42.3 Å². The third-order valence-corrected chi connectivity index (χ3v) is 3.94. The molecule has 0 saturated heterocycles. The van der Waals surface area contributed by atoms with E-state index in [1.165, 1.54) is 12.4 Å². The first-order valence-corrected chi connectivity index (χ1v) is 7.96. The fourth-order valence-corrected chi connectivity index (χ4v) is 2.66. The molecule has 3 aromatic rings. The Morgan fingerprint density at radius 2 is 2.08 bits per heavy atom. The van der Waals surface area contributed by atoms with Crippen LogP contribution in [-0.2, 0) is 6.54 Å². The number of imidazole rings is 1. The predicted molar refractivity (Wildman–Crippen MR) is 92.9 cm³/mol. The molecule has 0 bridgehead atoms. The smallest absolute Gasteiger partial charge is 0.337 e. The summed E-state index contributed by atoms with van der Waals surface area (Å²) >= 11 is 0. The van der Waals surface area contributed by atoms with E-state index < -0.39 is 5.97 Å². The van der Waals surface area contributed by atoms with Crippen molar-refractivity contribution in [2.75, 3.05) is 11.9 Å². The number of anilines is 2. The number of nitrogens with zero attached hydrogens (tertiary/aromatic N) is 4. The molecular weight excluding hydrogens is 322 g/mol. The highest BCUT2D eigenvalue weighted by Gasteiger charge is 2.15. The standard InChI is InChI=1S/C17H19N5O3/c1-11(6-7-23)8-22-10-20-14-15(18-9-19-16(14)22)21-13-5-3-2-4-12(13)17(24)25/h2-5,9-11,23H,6-8H2,1H3,(H,24,25)(H,18,19,21). The molecule has 1 unspecified atom stereocenters. The highest BCUT2D eigenvalue weighted by molar-refractivity contribution is 5.96. The van der Waals surface area contributed by atoms with E-state index in [9.17, 15) is 9.90 Å². The molecule has 2 heterocycles. The zero-order valence-electron chi connectivity index (χ0n) is 13.8. The van der Waals surface area contributed by atoms with Crippen molar-refractivity contribution in [1.82, 2.24) is 19.5 Å². The van der Waals surface area contributed by atoms with Crippen LogP contribution >= 0.6 is 0 Å². The number of aliphatic hydroxyl groups is 1. The Labute approximate surface area is 144 Å². The van der Waals surface area contributed by atoms with Crippen LogP contribution in [0, 0.1) is 5.92 Å². The number of nitrogens with one attached hydrogen (secondary N) is 1. The molecule has 0 spiro atoms. The van der Waals surface area contributed by atoms with E-state index in [4.69, 9.17) is 5.11 Å². The maximum absolute atomic E-state index is 11.3. The molecule has 1 atom stereocenters. The van der Waals surface area contributed by atoms with Gasteiger partial charge in [-0.3, -0.25) is 0 Å². The van der Waals surface area contributed by atoms with Gasteiger partial charge in [0.15, 0.2) is 17.0 Å². The lowest BCUT2D eigenvalue weighted by Gasteiger charge is -2.11. The van der Waals surface area contributed by atoms with Crippen LogP contribution in [0.3, 0.4) is 0 Å². The number of hydrogen-bond donors (Lipinski definition) is 3. The van der Waals surface area contributed by atoms with Crippen molar-refractivity contribution in [1.29, 1.82) is 0 Å². The van der Waals surface area contributed by atoms with Gasteiger partial charge in [-0.1, -0.05) is 19.1 Å². The van der Waals surface area contributed by atoms with Gasteiger partial charge in [0.2, 0.25) is 0 Å². The van der Waals surface area contributed by atoms with Crippen LogP contribution in [0.25, 0.3) is 11.2 Å². The van der Waals surface area contributed by atoms with Crippen LogP contribution in [0.5, 0.6) is 0 Å². The van der Waals surface area contributed by atoms with Gasteiger partial charge in [-0.05, 0) is 24.5 Å². The van der Waals surface area contributed by atoms with Crippen molar-refractivity contribution < 1.29 is 15.0 Å². The van der Waals surface area contributed by atoms with Crippen molar-refractivity contribution in [3.63, 3.8) is 0 Å². The van der Waals surface area contributed by atoms with Crippen LogP contribution in [0.1, 0.15) is 23.7 Å². The predicted octanol–water partition coefficient (Wildman–Crippen LogP) is 2.29. The SMILES string of the molecule is CC(CCO)Cn1cnc2c(Nc3ccccc3C(=O)O)ncnc21. The normalized spacial score (nSPS) is 12.2. The third kappa shape index (κ3) is 3.58. The summed E-state index contributed by atoms with van der Waals surface area (Å²) in [5.74, 6) is -0.287. The zero-order valence-corrected chi connectivity index (χ0v) is 13.8. The fourth-order valence-electron chi connectivity index (χ4n) is 2.66. The molecule has 0 aliphatic rings. The number of hydrogen-bond acceptors (Lipinski definition) is 6. The van der Waals surface area contributed by atoms with E-state index in [1.807, 2.05) is 11.5 Å². The van der Waals surface area contributed by atoms with Crippen LogP contribution in [0.4, 0.5) is 11.5 Å². The number of fused-ring (bicyclic) bond motifs is 1. The average molecular weight is 341 g/mol. The summed E-state index contributed by atoms with van der Waals surface area (Å²) < 4.78 is 1.91. The van der Waals surface area contributed by atoms with E-state index in [0.717, 1.165) is 0 Å². The summed E-state index contributed by atoms with van der Waals surface area (Å²) in [6.07, 6.45) is 3.80. The van der Waals surface area contributed by atoms with Crippen molar-refractivity contribution in [2.24, 2.45) is 5.92 Å². The van der Waals surface area contributed by atoms with Gasteiger partial charge >= 0.3 is 5.97 Å². The number of carbonyl (C=O) groups is 1. The van der Waals surface area contributed by atoms with Gasteiger partial charge in [0.25, 0.3) is 0 Å². The molecule has 2 aromatic heterocycles. The number of aromatic carboxylic acids is 1. The van der Waals surface area contributed by atoms with E-state index in [0.29, 0.717) is 35.6 Å². The second-order valence-corrected chi connectivity index (χ2v) is 5.88. The minimum absolute atomic E-state index is 0.140. The minimum atomic E-state index is -1.02. The van der Waals surface area contributed by atoms with Crippen molar-refractivity contribution >= 4 is 28.6 Å². The number of benzene rings is 1. The van der Waals surface area contributed by atoms with E-state index in [-0.39, 0.29) is 18.1 Å². The van der Waals surface area contributed by atoms with Gasteiger partial charge in [-0.2, -0.15) is 0 Å². The second kappa shape index (κ2) is 7.27. The number of carboxylic acids is 1. The van der Waals surface area contributed by atoms with E-state index in [1.54, 1.807) is 24.5 Å². The van der Waals surface area contributed by atoms with Gasteiger partial charge in [0.1, 0.15) is 6.33 Å². The molecule has 25 heavy (non-hydrogen) atoms. The number of carboxylic acid groups (broad SMARTS) is 1. The number of aromatic nitrogens is 4. The molecule has 1 aromatic carbocycles. The lowest BCUT2D eigenvalue weighted by Crippen LogP contribution is -2.09. The van der Waals surface area contributed by atoms with Gasteiger partial charge in [0, 0.05) is 13.2 Å². The quantitative estimate of drug-likeness (QED) is 0.604. The number of aliphatic hydroxyl groups excluding tert-OH is 1. The Hall–Kier alpha value is -3.00. The summed E-state index contributed by atoms with van der Waals surface area (Å²) in [5.41, 5.74) is 1.83. The molecular formula is C17H19N5O3. The Morgan fingerprint density at radius 3 is 2.84 bits per heavy atom. The van der Waals surface area contributed by atoms with Gasteiger partial charge in [0.05, 0.1) is 17.6 Å². The molecule has 0 saturated carbocycles. The lowest BCUT2D eigenvalue weighted by molar-refractivity contribution is 0.0698. The molecule has 130 valence electrons. The maximum Gasteiger partial charge on any atom is 0.337 e. The highest BCUT2D eigenvalue weighted by Crippen LogP contribution is 2.24. The third-order valence-electron chi connectivity index (χ3n) is 3.94. The largest absolute Gasteiger partial charge is 0.478 e. The van der Waals surface area contributed by atoms with Gasteiger partial charge in [-0.15, -0.1) is 0 Å². The molecule has 0 aliphatic heterocycles. The first-order valence-electron chi connectivity index (χ1n) is 7.96. The minimum Gasteiger partial charge on any atom is -0.478 e. The van der Waals surface area contributed by atoms with Crippen molar-refractivity contribution in [2.45, 2.75) is 19.9 Å². The Balaban J connectivity index is 1.94. The molecule has 3 N–H and O–H groups in total. The van der Waals surface area contributed by atoms with Crippen molar-refractivity contribution in [3.05, 3.63) is 42.5 Å². The Kier molecular flexibility index (Phi) is 4.90. The topological polar surface area (TPSA) is 113 Å². The Morgan fingerprint density at radius 1 is 1.28 bits per heavy atom. The Bertz CT molecular complexity index is 893. The lowest BCUT2D eigenvalue weighted by atomic mass is 10.1. The molecule has 0 aliphatic carbocycles. The summed E-state index contributed by atoms with van der Waals surface area (Å²) in [7, 11) is 0. The fraction of sp³-hybridized carbons (Fsp3) is 0.294. The van der Waals surface area contributed by atoms with Crippen molar-refractivity contribution in [3.8, 4) is 0 Å². The maximum atomic E-state index is 11.3. The molecule has 3 rings (SSSR count). The average Bonchev–Trinajstić information content (AvgIpc) is 2.99. The second-order valence-electron chi connectivity index (χ2n) is 5.88. The summed E-state index contributed by atoms with van der Waals surface area (Å²) in [4.78, 5) is 24.2.